The Bertz CT molecular complexity index is 686. The fourth-order valence-corrected chi connectivity index (χ4v) is 5.08. The number of sulfonamides is 1. The van der Waals surface area contributed by atoms with Crippen molar-refractivity contribution in [3.05, 3.63) is 17.0 Å². The molecule has 2 heterocycles. The first-order valence-corrected chi connectivity index (χ1v) is 10.2. The summed E-state index contributed by atoms with van der Waals surface area (Å²) in [7, 11) is -3.57. The number of H-pyrrole nitrogens is 1. The van der Waals surface area contributed by atoms with Gasteiger partial charge in [0.15, 0.2) is 0 Å². The van der Waals surface area contributed by atoms with E-state index in [0.29, 0.717) is 30.0 Å². The minimum atomic E-state index is -3.57. The van der Waals surface area contributed by atoms with E-state index in [0.717, 1.165) is 32.1 Å². The van der Waals surface area contributed by atoms with E-state index in [-0.39, 0.29) is 16.8 Å². The van der Waals surface area contributed by atoms with Gasteiger partial charge in [0, 0.05) is 24.8 Å². The van der Waals surface area contributed by atoms with Gasteiger partial charge in [-0.25, -0.2) is 8.42 Å². The van der Waals surface area contributed by atoms with E-state index in [9.17, 15) is 13.2 Å². The molecule has 1 aromatic heterocycles. The van der Waals surface area contributed by atoms with Gasteiger partial charge in [0.2, 0.25) is 10.0 Å². The average Bonchev–Trinajstić information content (AvgIpc) is 2.72. The maximum absolute atomic E-state index is 13.1. The van der Waals surface area contributed by atoms with Crippen LogP contribution in [0.25, 0.3) is 0 Å². The molecule has 2 rings (SSSR count). The summed E-state index contributed by atoms with van der Waals surface area (Å²) in [4.78, 5) is 15.7. The van der Waals surface area contributed by atoms with Crippen molar-refractivity contribution in [2.45, 2.75) is 70.7 Å². The molecular weight excluding hydrogens is 326 g/mol. The second-order valence-electron chi connectivity index (χ2n) is 6.68. The molecule has 0 radical (unpaired) electrons. The summed E-state index contributed by atoms with van der Waals surface area (Å²) >= 11 is 0. The van der Waals surface area contributed by atoms with E-state index in [1.54, 1.807) is 18.2 Å². The smallest absolute Gasteiger partial charge is 0.268 e. The molecule has 1 saturated heterocycles. The standard InChI is InChI=1S/C17H29N3O3S/c1-5-12(2)18-17(21)15-13(3)16(14(4)19-15)24(22,23)20-10-8-6-7-9-11-20/h12,19H,5-11H2,1-4H3,(H,18,21). The number of carbonyl (C=O) groups excluding carboxylic acids is 1. The second kappa shape index (κ2) is 7.70. The lowest BCUT2D eigenvalue weighted by atomic mass is 10.2. The maximum atomic E-state index is 13.1. The Labute approximate surface area is 145 Å². The van der Waals surface area contributed by atoms with Gasteiger partial charge in [-0.1, -0.05) is 19.8 Å². The van der Waals surface area contributed by atoms with E-state index in [1.807, 2.05) is 13.8 Å². The molecule has 1 amide bonds. The van der Waals surface area contributed by atoms with Gasteiger partial charge in [-0.15, -0.1) is 0 Å². The first-order valence-electron chi connectivity index (χ1n) is 8.79. The summed E-state index contributed by atoms with van der Waals surface area (Å²) in [6.07, 6.45) is 4.75. The van der Waals surface area contributed by atoms with Crippen molar-refractivity contribution in [2.24, 2.45) is 0 Å². The van der Waals surface area contributed by atoms with Crippen molar-refractivity contribution in [3.63, 3.8) is 0 Å². The third kappa shape index (κ3) is 3.83. The molecule has 0 bridgehead atoms. The van der Waals surface area contributed by atoms with Crippen molar-refractivity contribution in [3.8, 4) is 0 Å². The van der Waals surface area contributed by atoms with Crippen LogP contribution in [0.15, 0.2) is 4.90 Å². The Morgan fingerprint density at radius 2 is 1.79 bits per heavy atom. The third-order valence-electron chi connectivity index (χ3n) is 4.75. The first-order chi connectivity index (χ1) is 11.3. The van der Waals surface area contributed by atoms with E-state index >= 15 is 0 Å². The molecule has 0 spiro atoms. The second-order valence-corrected chi connectivity index (χ2v) is 8.55. The topological polar surface area (TPSA) is 82.3 Å². The first kappa shape index (κ1) is 19.0. The Morgan fingerprint density at radius 3 is 2.33 bits per heavy atom. The molecule has 1 aromatic rings. The summed E-state index contributed by atoms with van der Waals surface area (Å²) in [5.74, 6) is -0.248. The summed E-state index contributed by atoms with van der Waals surface area (Å²) < 4.78 is 27.7. The molecule has 0 aromatic carbocycles. The van der Waals surface area contributed by atoms with E-state index < -0.39 is 10.0 Å². The van der Waals surface area contributed by atoms with E-state index in [2.05, 4.69) is 10.3 Å². The summed E-state index contributed by atoms with van der Waals surface area (Å²) in [5, 5.41) is 2.89. The zero-order valence-electron chi connectivity index (χ0n) is 15.1. The van der Waals surface area contributed by atoms with Gasteiger partial charge in [0.05, 0.1) is 0 Å². The average molecular weight is 356 g/mol. The molecule has 7 heteroatoms. The minimum absolute atomic E-state index is 0.0474. The molecule has 1 fully saturated rings. The van der Waals surface area contributed by atoms with Gasteiger partial charge in [-0.3, -0.25) is 4.79 Å². The molecule has 2 N–H and O–H groups in total. The molecule has 136 valence electrons. The Kier molecular flexibility index (Phi) is 6.09. The van der Waals surface area contributed by atoms with Crippen LogP contribution in [0.3, 0.4) is 0 Å². The van der Waals surface area contributed by atoms with Crippen molar-refractivity contribution in [1.82, 2.24) is 14.6 Å². The largest absolute Gasteiger partial charge is 0.353 e. The zero-order valence-corrected chi connectivity index (χ0v) is 15.9. The Morgan fingerprint density at radius 1 is 1.21 bits per heavy atom. The van der Waals surface area contributed by atoms with Crippen molar-refractivity contribution in [1.29, 1.82) is 0 Å². The Hall–Kier alpha value is -1.34. The molecule has 1 unspecified atom stereocenters. The molecule has 0 saturated carbocycles. The molecule has 1 aliphatic rings. The monoisotopic (exact) mass is 355 g/mol. The number of nitrogens with one attached hydrogen (secondary N) is 2. The third-order valence-corrected chi connectivity index (χ3v) is 6.92. The van der Waals surface area contributed by atoms with Gasteiger partial charge in [0.25, 0.3) is 5.91 Å². The number of aromatic amines is 1. The Balaban J connectivity index is 2.35. The normalized spacial score (nSPS) is 18.2. The highest BCUT2D eigenvalue weighted by Gasteiger charge is 2.32. The number of aromatic nitrogens is 1. The van der Waals surface area contributed by atoms with Crippen LogP contribution >= 0.6 is 0 Å². The lowest BCUT2D eigenvalue weighted by Crippen LogP contribution is -2.33. The lowest BCUT2D eigenvalue weighted by molar-refractivity contribution is 0.0934. The molecule has 1 aliphatic heterocycles. The number of hydrogen-bond acceptors (Lipinski definition) is 3. The van der Waals surface area contributed by atoms with Crippen molar-refractivity contribution >= 4 is 15.9 Å². The van der Waals surface area contributed by atoms with Gasteiger partial charge >= 0.3 is 0 Å². The van der Waals surface area contributed by atoms with Crippen molar-refractivity contribution in [2.75, 3.05) is 13.1 Å². The van der Waals surface area contributed by atoms with Crippen LogP contribution < -0.4 is 5.32 Å². The highest BCUT2D eigenvalue weighted by Crippen LogP contribution is 2.28. The van der Waals surface area contributed by atoms with Gasteiger partial charge < -0.3 is 10.3 Å². The van der Waals surface area contributed by atoms with Crippen LogP contribution in [0, 0.1) is 13.8 Å². The van der Waals surface area contributed by atoms with Crippen LogP contribution in [-0.4, -0.2) is 42.7 Å². The summed E-state index contributed by atoms with van der Waals surface area (Å²) in [6.45, 7) is 8.46. The minimum Gasteiger partial charge on any atom is -0.353 e. The van der Waals surface area contributed by atoms with Crippen LogP contribution in [0.2, 0.25) is 0 Å². The molecule has 6 nitrogen and oxygen atoms in total. The highest BCUT2D eigenvalue weighted by atomic mass is 32.2. The van der Waals surface area contributed by atoms with Crippen LogP contribution in [0.5, 0.6) is 0 Å². The zero-order chi connectivity index (χ0) is 17.9. The summed E-state index contributed by atoms with van der Waals surface area (Å²) in [5.41, 5.74) is 1.39. The van der Waals surface area contributed by atoms with Crippen LogP contribution in [-0.2, 0) is 10.0 Å². The predicted octanol–water partition coefficient (Wildman–Crippen LogP) is 2.72. The van der Waals surface area contributed by atoms with Gasteiger partial charge in [0.1, 0.15) is 10.6 Å². The fraction of sp³-hybridized carbons (Fsp3) is 0.706. The number of nitrogens with zero attached hydrogens (tertiary/aromatic N) is 1. The van der Waals surface area contributed by atoms with Crippen LogP contribution in [0.1, 0.15) is 67.7 Å². The predicted molar refractivity (Wildman–Crippen MR) is 94.7 cm³/mol. The fourth-order valence-electron chi connectivity index (χ4n) is 3.16. The molecular formula is C17H29N3O3S. The van der Waals surface area contributed by atoms with E-state index in [1.165, 1.54) is 0 Å². The number of aryl methyl sites for hydroxylation is 1. The lowest BCUT2D eigenvalue weighted by Gasteiger charge is -2.20. The SMILES string of the molecule is CCC(C)NC(=O)c1[nH]c(C)c(S(=O)(=O)N2CCCCCC2)c1C. The number of rotatable bonds is 5. The maximum Gasteiger partial charge on any atom is 0.268 e. The van der Waals surface area contributed by atoms with Gasteiger partial charge in [-0.2, -0.15) is 4.31 Å². The molecule has 24 heavy (non-hydrogen) atoms. The number of hydrogen-bond donors (Lipinski definition) is 2. The number of carbonyl (C=O) groups is 1. The number of amides is 1. The molecule has 0 aliphatic carbocycles. The van der Waals surface area contributed by atoms with Gasteiger partial charge in [-0.05, 0) is 45.6 Å². The quantitative estimate of drug-likeness (QED) is 0.852. The van der Waals surface area contributed by atoms with Crippen molar-refractivity contribution < 1.29 is 13.2 Å². The van der Waals surface area contributed by atoms with E-state index in [4.69, 9.17) is 0 Å². The van der Waals surface area contributed by atoms with Crippen LogP contribution in [0.4, 0.5) is 0 Å². The summed E-state index contributed by atoms with van der Waals surface area (Å²) in [6, 6.07) is 0.0474. The molecule has 1 atom stereocenters. The highest BCUT2D eigenvalue weighted by molar-refractivity contribution is 7.89.